The monoisotopic (exact) mass is 245 g/mol. The molecule has 0 radical (unpaired) electrons. The van der Waals surface area contributed by atoms with E-state index in [2.05, 4.69) is 28.7 Å². The molecule has 0 aliphatic rings. The summed E-state index contributed by atoms with van der Waals surface area (Å²) >= 11 is 0. The molecule has 1 N–H and O–H groups in total. The van der Waals surface area contributed by atoms with Crippen molar-refractivity contribution in [2.24, 2.45) is 0 Å². The van der Waals surface area contributed by atoms with Gasteiger partial charge in [0, 0.05) is 30.7 Å². The molecule has 0 aliphatic carbocycles. The van der Waals surface area contributed by atoms with Crippen LogP contribution in [-0.4, -0.2) is 23.1 Å². The number of aromatic amines is 1. The first-order chi connectivity index (χ1) is 8.63. The summed E-state index contributed by atoms with van der Waals surface area (Å²) in [4.78, 5) is 20.7. The van der Waals surface area contributed by atoms with Gasteiger partial charge in [0.25, 0.3) is 5.56 Å². The molecule has 0 aromatic carbocycles. The van der Waals surface area contributed by atoms with E-state index in [0.717, 1.165) is 29.4 Å². The molecule has 2 aromatic heterocycles. The van der Waals surface area contributed by atoms with Crippen molar-refractivity contribution in [1.29, 1.82) is 0 Å². The number of nitrogens with zero attached hydrogens (tertiary/aromatic N) is 2. The fourth-order valence-electron chi connectivity index (χ4n) is 2.23. The quantitative estimate of drug-likeness (QED) is 0.900. The van der Waals surface area contributed by atoms with E-state index in [1.807, 2.05) is 13.1 Å². The number of hydrogen-bond donors (Lipinski definition) is 1. The normalized spacial score (nSPS) is 12.6. The van der Waals surface area contributed by atoms with Crippen LogP contribution in [0.2, 0.25) is 0 Å². The first-order valence-electron chi connectivity index (χ1n) is 6.33. The highest BCUT2D eigenvalue weighted by molar-refractivity contribution is 5.90. The van der Waals surface area contributed by atoms with Crippen molar-refractivity contribution in [3.8, 4) is 0 Å². The van der Waals surface area contributed by atoms with E-state index in [1.54, 1.807) is 18.5 Å². The molecule has 1 atom stereocenters. The summed E-state index contributed by atoms with van der Waals surface area (Å²) in [6.07, 6.45) is 5.69. The standard InChI is InChI=1S/C14H19N3O/c1-4-5-10(2)17(3)13-8-14(18)16-12-9-15-7-6-11(12)13/h6-10H,4-5H2,1-3H3,(H,16,18). The minimum Gasteiger partial charge on any atom is -0.371 e. The first-order valence-corrected chi connectivity index (χ1v) is 6.33. The molecule has 2 rings (SSSR count). The van der Waals surface area contributed by atoms with Gasteiger partial charge in [-0.1, -0.05) is 13.3 Å². The van der Waals surface area contributed by atoms with Crippen molar-refractivity contribution < 1.29 is 0 Å². The first kappa shape index (κ1) is 12.6. The van der Waals surface area contributed by atoms with Gasteiger partial charge in [-0.3, -0.25) is 9.78 Å². The van der Waals surface area contributed by atoms with Gasteiger partial charge in [0.15, 0.2) is 0 Å². The van der Waals surface area contributed by atoms with Gasteiger partial charge >= 0.3 is 0 Å². The Morgan fingerprint density at radius 2 is 2.28 bits per heavy atom. The van der Waals surface area contributed by atoms with Crippen molar-refractivity contribution in [2.45, 2.75) is 32.7 Å². The van der Waals surface area contributed by atoms with Crippen molar-refractivity contribution in [3.63, 3.8) is 0 Å². The molecule has 0 amide bonds. The second-order valence-electron chi connectivity index (χ2n) is 4.69. The number of pyridine rings is 2. The smallest absolute Gasteiger partial charge is 0.250 e. The molecule has 2 heterocycles. The van der Waals surface area contributed by atoms with E-state index in [1.165, 1.54) is 0 Å². The number of hydrogen-bond acceptors (Lipinski definition) is 3. The number of fused-ring (bicyclic) bond motifs is 1. The lowest BCUT2D eigenvalue weighted by Crippen LogP contribution is -2.29. The Morgan fingerprint density at radius 3 is 3.00 bits per heavy atom. The molecule has 2 aromatic rings. The molecule has 0 saturated carbocycles. The van der Waals surface area contributed by atoms with Gasteiger partial charge in [0.05, 0.1) is 17.4 Å². The Labute approximate surface area is 107 Å². The van der Waals surface area contributed by atoms with Gasteiger partial charge in [-0.05, 0) is 19.4 Å². The Morgan fingerprint density at radius 1 is 1.50 bits per heavy atom. The zero-order valence-electron chi connectivity index (χ0n) is 11.1. The molecule has 1 unspecified atom stereocenters. The minimum absolute atomic E-state index is 0.0824. The highest BCUT2D eigenvalue weighted by Crippen LogP contribution is 2.24. The second-order valence-corrected chi connectivity index (χ2v) is 4.69. The maximum atomic E-state index is 11.7. The van der Waals surface area contributed by atoms with Gasteiger partial charge in [-0.2, -0.15) is 0 Å². The molecular formula is C14H19N3O. The summed E-state index contributed by atoms with van der Waals surface area (Å²) < 4.78 is 0. The molecule has 0 saturated heterocycles. The molecule has 4 nitrogen and oxygen atoms in total. The summed E-state index contributed by atoms with van der Waals surface area (Å²) in [7, 11) is 2.04. The van der Waals surface area contributed by atoms with Crippen LogP contribution in [0.4, 0.5) is 5.69 Å². The lowest BCUT2D eigenvalue weighted by atomic mass is 10.1. The van der Waals surface area contributed by atoms with Crippen LogP contribution in [0.3, 0.4) is 0 Å². The number of anilines is 1. The van der Waals surface area contributed by atoms with E-state index in [-0.39, 0.29) is 5.56 Å². The third-order valence-electron chi connectivity index (χ3n) is 3.37. The van der Waals surface area contributed by atoms with Gasteiger partial charge in [0.2, 0.25) is 0 Å². The molecule has 0 fully saturated rings. The molecule has 0 bridgehead atoms. The van der Waals surface area contributed by atoms with Gasteiger partial charge in [-0.25, -0.2) is 0 Å². The Balaban J connectivity index is 2.52. The molecule has 0 spiro atoms. The highest BCUT2D eigenvalue weighted by Gasteiger charge is 2.13. The fraction of sp³-hybridized carbons (Fsp3) is 0.429. The number of H-pyrrole nitrogens is 1. The molecule has 18 heavy (non-hydrogen) atoms. The summed E-state index contributed by atoms with van der Waals surface area (Å²) in [5.74, 6) is 0. The number of rotatable bonds is 4. The van der Waals surface area contributed by atoms with Crippen molar-refractivity contribution >= 4 is 16.6 Å². The zero-order chi connectivity index (χ0) is 13.1. The Kier molecular flexibility index (Phi) is 3.65. The van der Waals surface area contributed by atoms with E-state index >= 15 is 0 Å². The topological polar surface area (TPSA) is 49.0 Å². The van der Waals surface area contributed by atoms with E-state index in [9.17, 15) is 4.79 Å². The lowest BCUT2D eigenvalue weighted by Gasteiger charge is -2.27. The van der Waals surface area contributed by atoms with Gasteiger partial charge < -0.3 is 9.88 Å². The van der Waals surface area contributed by atoms with Crippen LogP contribution in [0.5, 0.6) is 0 Å². The molecule has 0 aliphatic heterocycles. The number of nitrogens with one attached hydrogen (secondary N) is 1. The Hall–Kier alpha value is -1.84. The largest absolute Gasteiger partial charge is 0.371 e. The fourth-order valence-corrected chi connectivity index (χ4v) is 2.23. The van der Waals surface area contributed by atoms with Crippen LogP contribution in [0.1, 0.15) is 26.7 Å². The maximum Gasteiger partial charge on any atom is 0.250 e. The summed E-state index contributed by atoms with van der Waals surface area (Å²) in [5.41, 5.74) is 1.67. The van der Waals surface area contributed by atoms with Crippen LogP contribution in [0.15, 0.2) is 29.3 Å². The Bertz CT molecular complexity index is 591. The van der Waals surface area contributed by atoms with E-state index in [0.29, 0.717) is 6.04 Å². The van der Waals surface area contributed by atoms with Crippen molar-refractivity contribution in [1.82, 2.24) is 9.97 Å². The van der Waals surface area contributed by atoms with Gasteiger partial charge in [0.1, 0.15) is 0 Å². The van der Waals surface area contributed by atoms with Crippen molar-refractivity contribution in [3.05, 3.63) is 34.9 Å². The zero-order valence-corrected chi connectivity index (χ0v) is 11.1. The predicted octanol–water partition coefficient (Wildman–Crippen LogP) is 2.55. The predicted molar refractivity (Wildman–Crippen MR) is 75.1 cm³/mol. The van der Waals surface area contributed by atoms with Crippen LogP contribution >= 0.6 is 0 Å². The lowest BCUT2D eigenvalue weighted by molar-refractivity contribution is 0.617. The van der Waals surface area contributed by atoms with Gasteiger partial charge in [-0.15, -0.1) is 0 Å². The SMILES string of the molecule is CCCC(C)N(C)c1cc(=O)[nH]c2cnccc12. The summed E-state index contributed by atoms with van der Waals surface area (Å²) in [6.45, 7) is 4.35. The second kappa shape index (κ2) is 5.21. The van der Waals surface area contributed by atoms with Crippen LogP contribution < -0.4 is 10.5 Å². The van der Waals surface area contributed by atoms with E-state index < -0.39 is 0 Å². The van der Waals surface area contributed by atoms with Crippen LogP contribution in [0.25, 0.3) is 10.9 Å². The van der Waals surface area contributed by atoms with Crippen LogP contribution in [0, 0.1) is 0 Å². The average Bonchev–Trinajstić information content (AvgIpc) is 2.37. The summed E-state index contributed by atoms with van der Waals surface area (Å²) in [6, 6.07) is 4.01. The minimum atomic E-state index is -0.0824. The van der Waals surface area contributed by atoms with Crippen molar-refractivity contribution in [2.75, 3.05) is 11.9 Å². The average molecular weight is 245 g/mol. The molecule has 4 heteroatoms. The number of aromatic nitrogens is 2. The third-order valence-corrected chi connectivity index (χ3v) is 3.37. The summed E-state index contributed by atoms with van der Waals surface area (Å²) in [5, 5.41) is 1.04. The van der Waals surface area contributed by atoms with Crippen LogP contribution in [-0.2, 0) is 0 Å². The third kappa shape index (κ3) is 2.37. The highest BCUT2D eigenvalue weighted by atomic mass is 16.1. The van der Waals surface area contributed by atoms with E-state index in [4.69, 9.17) is 0 Å². The molecular weight excluding hydrogens is 226 g/mol. The molecule has 96 valence electrons. The maximum absolute atomic E-state index is 11.7.